The number of pyridine rings is 1. The predicted molar refractivity (Wildman–Crippen MR) is 80.3 cm³/mol. The summed E-state index contributed by atoms with van der Waals surface area (Å²) in [7, 11) is 0. The fourth-order valence-corrected chi connectivity index (χ4v) is 2.62. The lowest BCUT2D eigenvalue weighted by atomic mass is 10.1. The van der Waals surface area contributed by atoms with Crippen LogP contribution >= 0.6 is 11.6 Å². The summed E-state index contributed by atoms with van der Waals surface area (Å²) in [5, 5.41) is 0.241. The number of benzene rings is 1. The largest absolute Gasteiger partial charge is 0.370 e. The van der Waals surface area contributed by atoms with E-state index in [1.54, 1.807) is 23.2 Å². The fourth-order valence-electron chi connectivity index (χ4n) is 2.42. The van der Waals surface area contributed by atoms with Crippen LogP contribution in [0.1, 0.15) is 22.0 Å². The number of hydrogen-bond acceptors (Lipinski definition) is 3. The normalized spacial score (nSPS) is 18.5. The van der Waals surface area contributed by atoms with Gasteiger partial charge in [-0.05, 0) is 17.7 Å². The smallest absolute Gasteiger partial charge is 0.257 e. The molecular formula is C16H15ClN2O2. The summed E-state index contributed by atoms with van der Waals surface area (Å²) in [6, 6.07) is 13.3. The summed E-state index contributed by atoms with van der Waals surface area (Å²) in [4.78, 5) is 18.3. The van der Waals surface area contributed by atoms with Crippen LogP contribution in [0.4, 0.5) is 0 Å². The Morgan fingerprint density at radius 3 is 2.81 bits per heavy atom. The van der Waals surface area contributed by atoms with E-state index in [0.717, 1.165) is 5.56 Å². The Bertz CT molecular complexity index is 633. The highest BCUT2D eigenvalue weighted by Crippen LogP contribution is 2.24. The lowest BCUT2D eigenvalue weighted by Crippen LogP contribution is -2.42. The highest BCUT2D eigenvalue weighted by Gasteiger charge is 2.27. The van der Waals surface area contributed by atoms with Gasteiger partial charge in [0.15, 0.2) is 0 Å². The second-order valence-corrected chi connectivity index (χ2v) is 5.22. The quantitative estimate of drug-likeness (QED) is 0.801. The Morgan fingerprint density at radius 1 is 1.24 bits per heavy atom. The van der Waals surface area contributed by atoms with E-state index in [9.17, 15) is 4.79 Å². The van der Waals surface area contributed by atoms with Gasteiger partial charge in [-0.15, -0.1) is 0 Å². The van der Waals surface area contributed by atoms with Crippen molar-refractivity contribution in [2.45, 2.75) is 6.10 Å². The van der Waals surface area contributed by atoms with Crippen molar-refractivity contribution in [2.24, 2.45) is 0 Å². The molecule has 0 spiro atoms. The molecule has 1 atom stereocenters. The molecule has 1 fully saturated rings. The van der Waals surface area contributed by atoms with E-state index in [-0.39, 0.29) is 17.2 Å². The molecule has 1 aromatic heterocycles. The molecule has 0 N–H and O–H groups in total. The van der Waals surface area contributed by atoms with Crippen molar-refractivity contribution in [3.63, 3.8) is 0 Å². The van der Waals surface area contributed by atoms with Crippen LogP contribution in [0.5, 0.6) is 0 Å². The molecule has 1 amide bonds. The highest BCUT2D eigenvalue weighted by molar-refractivity contribution is 6.32. The van der Waals surface area contributed by atoms with Gasteiger partial charge in [-0.1, -0.05) is 41.9 Å². The number of halogens is 1. The van der Waals surface area contributed by atoms with E-state index in [1.165, 1.54) is 0 Å². The van der Waals surface area contributed by atoms with Crippen molar-refractivity contribution in [1.82, 2.24) is 9.88 Å². The molecule has 1 saturated heterocycles. The SMILES string of the molecule is O=C(c1cccnc1Cl)N1CCO[C@@H](c2ccccc2)C1. The van der Waals surface area contributed by atoms with E-state index >= 15 is 0 Å². The molecule has 2 heterocycles. The summed E-state index contributed by atoms with van der Waals surface area (Å²) < 4.78 is 5.77. The molecule has 1 aliphatic heterocycles. The van der Waals surface area contributed by atoms with Gasteiger partial charge in [0, 0.05) is 12.7 Å². The molecule has 1 aliphatic rings. The first-order chi connectivity index (χ1) is 10.3. The van der Waals surface area contributed by atoms with Gasteiger partial charge in [0.1, 0.15) is 11.3 Å². The van der Waals surface area contributed by atoms with Gasteiger partial charge in [0.25, 0.3) is 5.91 Å². The minimum Gasteiger partial charge on any atom is -0.370 e. The first kappa shape index (κ1) is 14.0. The molecule has 0 radical (unpaired) electrons. The Balaban J connectivity index is 1.77. The molecule has 4 nitrogen and oxygen atoms in total. The average Bonchev–Trinajstić information content (AvgIpc) is 2.56. The minimum absolute atomic E-state index is 0.0978. The lowest BCUT2D eigenvalue weighted by molar-refractivity contribution is -0.0228. The van der Waals surface area contributed by atoms with Crippen LogP contribution in [0.3, 0.4) is 0 Å². The zero-order valence-corrected chi connectivity index (χ0v) is 12.2. The van der Waals surface area contributed by atoms with E-state index in [2.05, 4.69) is 4.98 Å². The first-order valence-electron chi connectivity index (χ1n) is 6.82. The predicted octanol–water partition coefficient (Wildman–Crippen LogP) is 2.95. The molecule has 1 aromatic carbocycles. The maximum Gasteiger partial charge on any atom is 0.257 e. The Labute approximate surface area is 128 Å². The second-order valence-electron chi connectivity index (χ2n) is 4.86. The van der Waals surface area contributed by atoms with Crippen LogP contribution in [0.2, 0.25) is 5.15 Å². The number of morpholine rings is 1. The van der Waals surface area contributed by atoms with Gasteiger partial charge in [-0.3, -0.25) is 4.79 Å². The van der Waals surface area contributed by atoms with Gasteiger partial charge >= 0.3 is 0 Å². The zero-order chi connectivity index (χ0) is 14.7. The summed E-state index contributed by atoms with van der Waals surface area (Å²) in [5.41, 5.74) is 1.51. The first-order valence-corrected chi connectivity index (χ1v) is 7.20. The molecule has 0 saturated carbocycles. The summed E-state index contributed by atoms with van der Waals surface area (Å²) in [6.45, 7) is 1.60. The van der Waals surface area contributed by atoms with E-state index in [0.29, 0.717) is 25.3 Å². The maximum absolute atomic E-state index is 12.5. The Hall–Kier alpha value is -1.91. The van der Waals surface area contributed by atoms with Crippen LogP contribution in [0.25, 0.3) is 0 Å². The zero-order valence-electron chi connectivity index (χ0n) is 11.4. The maximum atomic E-state index is 12.5. The van der Waals surface area contributed by atoms with Crippen molar-refractivity contribution < 1.29 is 9.53 Å². The molecule has 2 aromatic rings. The van der Waals surface area contributed by atoms with Crippen LogP contribution < -0.4 is 0 Å². The van der Waals surface area contributed by atoms with Gasteiger partial charge in [-0.2, -0.15) is 0 Å². The number of rotatable bonds is 2. The van der Waals surface area contributed by atoms with Gasteiger partial charge in [0.2, 0.25) is 0 Å². The summed E-state index contributed by atoms with van der Waals surface area (Å²) in [6.07, 6.45) is 1.48. The van der Waals surface area contributed by atoms with Gasteiger partial charge in [0.05, 0.1) is 18.7 Å². The topological polar surface area (TPSA) is 42.4 Å². The van der Waals surface area contributed by atoms with Crippen LogP contribution in [-0.2, 0) is 4.74 Å². The molecular weight excluding hydrogens is 288 g/mol. The van der Waals surface area contributed by atoms with Crippen LogP contribution in [0, 0.1) is 0 Å². The molecule has 0 unspecified atom stereocenters. The lowest BCUT2D eigenvalue weighted by Gasteiger charge is -2.33. The Morgan fingerprint density at radius 2 is 2.05 bits per heavy atom. The van der Waals surface area contributed by atoms with E-state index in [4.69, 9.17) is 16.3 Å². The summed E-state index contributed by atoms with van der Waals surface area (Å²) >= 11 is 6.00. The van der Waals surface area contributed by atoms with Gasteiger partial charge < -0.3 is 9.64 Å². The monoisotopic (exact) mass is 302 g/mol. The standard InChI is InChI=1S/C16H15ClN2O2/c17-15-13(7-4-8-18-15)16(20)19-9-10-21-14(11-19)12-5-2-1-3-6-12/h1-8,14H,9-11H2/t14-/m1/s1. The van der Waals surface area contributed by atoms with Crippen molar-refractivity contribution in [3.05, 3.63) is 64.9 Å². The third kappa shape index (κ3) is 3.06. The summed E-state index contributed by atoms with van der Waals surface area (Å²) in [5.74, 6) is -0.0997. The van der Waals surface area contributed by atoms with Crippen molar-refractivity contribution in [3.8, 4) is 0 Å². The molecule has 3 rings (SSSR count). The van der Waals surface area contributed by atoms with E-state index < -0.39 is 0 Å². The average molecular weight is 303 g/mol. The van der Waals surface area contributed by atoms with Gasteiger partial charge in [-0.25, -0.2) is 4.98 Å². The number of nitrogens with zero attached hydrogens (tertiary/aromatic N) is 2. The number of aromatic nitrogens is 1. The number of carbonyl (C=O) groups is 1. The molecule has 108 valence electrons. The molecule has 0 aliphatic carbocycles. The number of ether oxygens (including phenoxy) is 1. The third-order valence-electron chi connectivity index (χ3n) is 3.51. The highest BCUT2D eigenvalue weighted by atomic mass is 35.5. The van der Waals surface area contributed by atoms with Crippen molar-refractivity contribution in [2.75, 3.05) is 19.7 Å². The third-order valence-corrected chi connectivity index (χ3v) is 3.82. The Kier molecular flexibility index (Phi) is 4.18. The number of carbonyl (C=O) groups excluding carboxylic acids is 1. The molecule has 5 heteroatoms. The van der Waals surface area contributed by atoms with E-state index in [1.807, 2.05) is 30.3 Å². The second kappa shape index (κ2) is 6.24. The number of hydrogen-bond donors (Lipinski definition) is 0. The van der Waals surface area contributed by atoms with Crippen molar-refractivity contribution >= 4 is 17.5 Å². The fraction of sp³-hybridized carbons (Fsp3) is 0.250. The number of amides is 1. The molecule has 21 heavy (non-hydrogen) atoms. The minimum atomic E-state index is -0.0997. The molecule has 0 bridgehead atoms. The van der Waals surface area contributed by atoms with Crippen molar-refractivity contribution in [1.29, 1.82) is 0 Å². The van der Waals surface area contributed by atoms with Crippen LogP contribution in [0.15, 0.2) is 48.7 Å². The van der Waals surface area contributed by atoms with Crippen LogP contribution in [-0.4, -0.2) is 35.5 Å².